The van der Waals surface area contributed by atoms with Gasteiger partial charge in [-0.15, -0.1) is 0 Å². The lowest BCUT2D eigenvalue weighted by Crippen LogP contribution is -2.41. The van der Waals surface area contributed by atoms with E-state index in [9.17, 15) is 13.2 Å². The van der Waals surface area contributed by atoms with Gasteiger partial charge in [0.15, 0.2) is 9.84 Å². The highest BCUT2D eigenvalue weighted by molar-refractivity contribution is 7.91. The average Bonchev–Trinajstić information content (AvgIpc) is 2.36. The van der Waals surface area contributed by atoms with E-state index in [1.54, 1.807) is 25.9 Å². The first-order valence-corrected chi connectivity index (χ1v) is 8.10. The molecule has 1 rings (SSSR count). The first kappa shape index (κ1) is 15.4. The smallest absolute Gasteiger partial charge is 0.223 e. The fourth-order valence-electron chi connectivity index (χ4n) is 1.96. The zero-order chi connectivity index (χ0) is 13.8. The van der Waals surface area contributed by atoms with Gasteiger partial charge in [0, 0.05) is 26.6 Å². The molecule has 1 amide bonds. The molecule has 1 fully saturated rings. The second kappa shape index (κ2) is 6.52. The Hall–Kier alpha value is -0.620. The summed E-state index contributed by atoms with van der Waals surface area (Å²) in [4.78, 5) is 13.6. The lowest BCUT2D eigenvalue weighted by Gasteiger charge is -2.31. The highest BCUT2D eigenvalue weighted by atomic mass is 32.2. The van der Waals surface area contributed by atoms with E-state index in [1.807, 2.05) is 0 Å². The van der Waals surface area contributed by atoms with E-state index in [2.05, 4.69) is 0 Å². The van der Waals surface area contributed by atoms with Crippen LogP contribution in [0.2, 0.25) is 0 Å². The van der Waals surface area contributed by atoms with Crippen LogP contribution >= 0.6 is 0 Å². The summed E-state index contributed by atoms with van der Waals surface area (Å²) in [6.07, 6.45) is 1.99. The third-order valence-corrected chi connectivity index (χ3v) is 5.66. The third kappa shape index (κ3) is 4.24. The number of nitrogens with zero attached hydrogens (tertiary/aromatic N) is 1. The van der Waals surface area contributed by atoms with Gasteiger partial charge in [0.2, 0.25) is 5.91 Å². The number of ether oxygens (including phenoxy) is 1. The molecule has 1 saturated heterocycles. The number of hydrogen-bond acceptors (Lipinski definition) is 4. The number of sulfone groups is 1. The summed E-state index contributed by atoms with van der Waals surface area (Å²) in [5.74, 6) is -0.109. The zero-order valence-corrected chi connectivity index (χ0v) is 12.2. The number of amides is 1. The van der Waals surface area contributed by atoms with Crippen molar-refractivity contribution in [2.45, 2.75) is 44.5 Å². The first-order valence-electron chi connectivity index (χ1n) is 6.39. The second-order valence-corrected chi connectivity index (χ2v) is 7.66. The van der Waals surface area contributed by atoms with Crippen molar-refractivity contribution in [2.24, 2.45) is 0 Å². The largest absolute Gasteiger partial charge is 0.381 e. The molecule has 1 aliphatic heterocycles. The van der Waals surface area contributed by atoms with E-state index in [1.165, 1.54) is 0 Å². The van der Waals surface area contributed by atoms with Crippen molar-refractivity contribution < 1.29 is 17.9 Å². The molecule has 5 nitrogen and oxygen atoms in total. The molecule has 0 unspecified atom stereocenters. The van der Waals surface area contributed by atoms with Crippen LogP contribution in [-0.2, 0) is 19.4 Å². The number of carbonyl (C=O) groups is 1. The molecule has 6 heteroatoms. The van der Waals surface area contributed by atoms with Gasteiger partial charge in [-0.1, -0.05) is 0 Å². The van der Waals surface area contributed by atoms with Crippen molar-refractivity contribution in [3.63, 3.8) is 0 Å². The van der Waals surface area contributed by atoms with E-state index in [4.69, 9.17) is 4.74 Å². The van der Waals surface area contributed by atoms with Gasteiger partial charge in [0.25, 0.3) is 0 Å². The van der Waals surface area contributed by atoms with Gasteiger partial charge in [-0.3, -0.25) is 4.79 Å². The maximum Gasteiger partial charge on any atom is 0.223 e. The summed E-state index contributed by atoms with van der Waals surface area (Å²) in [6, 6.07) is 0. The summed E-state index contributed by atoms with van der Waals surface area (Å²) in [5.41, 5.74) is 0. The number of methoxy groups -OCH3 is 1. The van der Waals surface area contributed by atoms with E-state index < -0.39 is 15.1 Å². The Morgan fingerprint density at radius 2 is 1.89 bits per heavy atom. The number of rotatable bonds is 5. The van der Waals surface area contributed by atoms with Crippen molar-refractivity contribution in [3.05, 3.63) is 0 Å². The maximum atomic E-state index is 11.9. The molecule has 0 saturated carbocycles. The van der Waals surface area contributed by atoms with Crippen LogP contribution in [0.15, 0.2) is 0 Å². The molecule has 0 N–H and O–H groups in total. The van der Waals surface area contributed by atoms with Crippen molar-refractivity contribution in [2.75, 3.05) is 26.0 Å². The molecule has 1 aliphatic rings. The lowest BCUT2D eigenvalue weighted by molar-refractivity contribution is -0.133. The zero-order valence-electron chi connectivity index (χ0n) is 11.4. The molecule has 0 aromatic carbocycles. The summed E-state index contributed by atoms with van der Waals surface area (Å²) in [5, 5.41) is -0.412. The van der Waals surface area contributed by atoms with Gasteiger partial charge in [-0.25, -0.2) is 8.42 Å². The Morgan fingerprint density at radius 3 is 2.33 bits per heavy atom. The highest BCUT2D eigenvalue weighted by Gasteiger charge is 2.24. The van der Waals surface area contributed by atoms with Gasteiger partial charge in [-0.2, -0.15) is 0 Å². The SMILES string of the molecule is COC1CCN(C(=O)CCS(=O)(=O)C(C)C)CC1. The summed E-state index contributed by atoms with van der Waals surface area (Å²) in [6.45, 7) is 4.62. The second-order valence-electron chi connectivity index (χ2n) is 4.98. The average molecular weight is 277 g/mol. The van der Waals surface area contributed by atoms with Crippen molar-refractivity contribution >= 4 is 15.7 Å². The third-order valence-electron chi connectivity index (χ3n) is 3.45. The van der Waals surface area contributed by atoms with Crippen LogP contribution in [0.5, 0.6) is 0 Å². The summed E-state index contributed by atoms with van der Waals surface area (Å²) < 4.78 is 28.5. The highest BCUT2D eigenvalue weighted by Crippen LogP contribution is 2.14. The standard InChI is InChI=1S/C12H23NO4S/c1-10(2)18(15,16)9-6-12(14)13-7-4-11(17-3)5-8-13/h10-11H,4-9H2,1-3H3. The molecule has 0 atom stereocenters. The summed E-state index contributed by atoms with van der Waals surface area (Å²) in [7, 11) is -1.44. The van der Waals surface area contributed by atoms with Crippen LogP contribution in [0.25, 0.3) is 0 Å². The number of likely N-dealkylation sites (tertiary alicyclic amines) is 1. The van der Waals surface area contributed by atoms with Gasteiger partial charge in [0.05, 0.1) is 17.1 Å². The fraction of sp³-hybridized carbons (Fsp3) is 0.917. The molecule has 0 aliphatic carbocycles. The predicted molar refractivity (Wildman–Crippen MR) is 70.2 cm³/mol. The molecular weight excluding hydrogens is 254 g/mol. The number of carbonyl (C=O) groups excluding carboxylic acids is 1. The Bertz CT molecular complexity index is 370. The topological polar surface area (TPSA) is 63.7 Å². The summed E-state index contributed by atoms with van der Waals surface area (Å²) >= 11 is 0. The van der Waals surface area contributed by atoms with Crippen LogP contribution in [0, 0.1) is 0 Å². The molecule has 0 aromatic rings. The molecule has 0 radical (unpaired) electrons. The minimum Gasteiger partial charge on any atom is -0.381 e. The van der Waals surface area contributed by atoms with Crippen molar-refractivity contribution in [1.29, 1.82) is 0 Å². The van der Waals surface area contributed by atoms with Gasteiger partial charge < -0.3 is 9.64 Å². The predicted octanol–water partition coefficient (Wildman–Crippen LogP) is 0.837. The van der Waals surface area contributed by atoms with Crippen molar-refractivity contribution in [1.82, 2.24) is 4.90 Å². The number of piperidine rings is 1. The molecule has 0 aromatic heterocycles. The number of hydrogen-bond donors (Lipinski definition) is 0. The molecule has 0 bridgehead atoms. The maximum absolute atomic E-state index is 11.9. The minimum atomic E-state index is -3.12. The monoisotopic (exact) mass is 277 g/mol. The van der Waals surface area contributed by atoms with Gasteiger partial charge >= 0.3 is 0 Å². The van der Waals surface area contributed by atoms with E-state index in [-0.39, 0.29) is 24.2 Å². The van der Waals surface area contributed by atoms with Crippen molar-refractivity contribution in [3.8, 4) is 0 Å². The molecule has 0 spiro atoms. The Kier molecular flexibility index (Phi) is 5.59. The van der Waals surface area contributed by atoms with E-state index in [0.717, 1.165) is 12.8 Å². The van der Waals surface area contributed by atoms with Crippen LogP contribution in [0.4, 0.5) is 0 Å². The molecular formula is C12H23NO4S. The first-order chi connectivity index (χ1) is 8.36. The van der Waals surface area contributed by atoms with Crippen LogP contribution in [-0.4, -0.2) is 56.5 Å². The fourth-order valence-corrected chi connectivity index (χ4v) is 2.89. The quantitative estimate of drug-likeness (QED) is 0.747. The molecule has 1 heterocycles. The van der Waals surface area contributed by atoms with E-state index >= 15 is 0 Å². The van der Waals surface area contributed by atoms with Crippen LogP contribution in [0.1, 0.15) is 33.1 Å². The minimum absolute atomic E-state index is 0.0479. The molecule has 18 heavy (non-hydrogen) atoms. The Balaban J connectivity index is 2.39. The normalized spacial score (nSPS) is 18.3. The van der Waals surface area contributed by atoms with Crippen LogP contribution < -0.4 is 0 Å². The van der Waals surface area contributed by atoms with Gasteiger partial charge in [0.1, 0.15) is 0 Å². The van der Waals surface area contributed by atoms with E-state index in [0.29, 0.717) is 13.1 Å². The lowest BCUT2D eigenvalue weighted by atomic mass is 10.1. The Morgan fingerprint density at radius 1 is 1.33 bits per heavy atom. The van der Waals surface area contributed by atoms with Gasteiger partial charge in [-0.05, 0) is 26.7 Å². The Labute approximate surface area is 109 Å². The molecule has 106 valence electrons. The van der Waals surface area contributed by atoms with Crippen LogP contribution in [0.3, 0.4) is 0 Å².